The van der Waals surface area contributed by atoms with Crippen LogP contribution in [0, 0.1) is 0 Å². The number of rotatable bonds is 5. The molecule has 1 unspecified atom stereocenters. The molecule has 0 fully saturated rings. The largest absolute Gasteiger partial charge is 0.353 e. The topological polar surface area (TPSA) is 72.1 Å². The third-order valence-corrected chi connectivity index (χ3v) is 5.38. The third-order valence-electron chi connectivity index (χ3n) is 5.38. The summed E-state index contributed by atoms with van der Waals surface area (Å²) in [6, 6.07) is 10.9. The molecular formula is C22H30IN7. The molecule has 160 valence electrons. The average molecular weight is 519 g/mol. The first-order chi connectivity index (χ1) is 14.1. The van der Waals surface area contributed by atoms with Crippen molar-refractivity contribution < 1.29 is 0 Å². The molecule has 1 aliphatic carbocycles. The van der Waals surface area contributed by atoms with Crippen molar-refractivity contribution in [3.05, 3.63) is 65.7 Å². The van der Waals surface area contributed by atoms with Crippen LogP contribution in [0.15, 0.2) is 53.9 Å². The molecule has 0 spiro atoms. The van der Waals surface area contributed by atoms with Crippen LogP contribution in [0.4, 0.5) is 0 Å². The van der Waals surface area contributed by atoms with Crippen LogP contribution in [-0.4, -0.2) is 38.6 Å². The van der Waals surface area contributed by atoms with Crippen LogP contribution in [0.3, 0.4) is 0 Å². The van der Waals surface area contributed by atoms with Crippen LogP contribution in [0.25, 0.3) is 5.69 Å². The van der Waals surface area contributed by atoms with Crippen LogP contribution in [0.5, 0.6) is 0 Å². The lowest BCUT2D eigenvalue weighted by molar-refractivity contribution is 0.499. The summed E-state index contributed by atoms with van der Waals surface area (Å²) in [6.07, 6.45) is 9.03. The molecule has 0 saturated carbocycles. The van der Waals surface area contributed by atoms with Crippen molar-refractivity contribution in [2.24, 2.45) is 4.99 Å². The van der Waals surface area contributed by atoms with Gasteiger partial charge in [-0.15, -0.1) is 24.0 Å². The Balaban J connectivity index is 0.00000256. The number of nitrogens with zero attached hydrogens (tertiary/aromatic N) is 5. The molecule has 7 nitrogen and oxygen atoms in total. The van der Waals surface area contributed by atoms with E-state index in [0.717, 1.165) is 30.9 Å². The van der Waals surface area contributed by atoms with E-state index in [1.54, 1.807) is 6.20 Å². The molecule has 2 aromatic heterocycles. The Morgan fingerprint density at radius 1 is 1.27 bits per heavy atom. The van der Waals surface area contributed by atoms with Gasteiger partial charge in [-0.2, -0.15) is 10.2 Å². The summed E-state index contributed by atoms with van der Waals surface area (Å²) in [4.78, 5) is 4.43. The van der Waals surface area contributed by atoms with E-state index in [1.165, 1.54) is 16.8 Å². The summed E-state index contributed by atoms with van der Waals surface area (Å²) in [5.41, 5.74) is 4.83. The minimum absolute atomic E-state index is 0. The van der Waals surface area contributed by atoms with Gasteiger partial charge in [0.2, 0.25) is 0 Å². The van der Waals surface area contributed by atoms with E-state index in [2.05, 4.69) is 57.6 Å². The maximum absolute atomic E-state index is 4.77. The van der Waals surface area contributed by atoms with Crippen LogP contribution in [0.1, 0.15) is 43.1 Å². The van der Waals surface area contributed by atoms with Crippen molar-refractivity contribution in [3.63, 3.8) is 0 Å². The maximum atomic E-state index is 4.77. The van der Waals surface area contributed by atoms with Gasteiger partial charge in [0.25, 0.3) is 0 Å². The number of nitrogens with one attached hydrogen (secondary N) is 2. The highest BCUT2D eigenvalue weighted by molar-refractivity contribution is 14.0. The van der Waals surface area contributed by atoms with Crippen molar-refractivity contribution in [2.45, 2.75) is 51.7 Å². The standard InChI is InChI=1S/C22H29N7.HI/c1-16(2)29-15-18-9-10-19(13-20(18)27-29)26-22(23-3)24-14-17-7-4-5-8-21(17)28-12-6-11-25-28;/h4-8,11-12,15-16,19H,9-10,13-14H2,1-3H3,(H2,23,24,26);1H. The molecular weight excluding hydrogens is 489 g/mol. The van der Waals surface area contributed by atoms with Gasteiger partial charge in [-0.05, 0) is 49.9 Å². The number of aliphatic imine (C=N–C) groups is 1. The third kappa shape index (κ3) is 5.03. The van der Waals surface area contributed by atoms with Gasteiger partial charge in [-0.25, -0.2) is 4.68 Å². The highest BCUT2D eigenvalue weighted by Crippen LogP contribution is 2.21. The normalized spacial score (nSPS) is 16.1. The predicted molar refractivity (Wildman–Crippen MR) is 131 cm³/mol. The average Bonchev–Trinajstić information content (AvgIpc) is 3.41. The van der Waals surface area contributed by atoms with E-state index in [4.69, 9.17) is 5.10 Å². The van der Waals surface area contributed by atoms with Gasteiger partial charge in [0.05, 0.1) is 11.4 Å². The molecule has 8 heteroatoms. The maximum Gasteiger partial charge on any atom is 0.191 e. The lowest BCUT2D eigenvalue weighted by atomic mass is 9.94. The van der Waals surface area contributed by atoms with Gasteiger partial charge in [0.15, 0.2) is 5.96 Å². The summed E-state index contributed by atoms with van der Waals surface area (Å²) in [6.45, 7) is 5.01. The Kier molecular flexibility index (Phi) is 7.52. The minimum atomic E-state index is 0. The number of benzene rings is 1. The number of aryl methyl sites for hydroxylation is 1. The number of guanidine groups is 1. The van der Waals surface area contributed by atoms with Gasteiger partial charge >= 0.3 is 0 Å². The van der Waals surface area contributed by atoms with Crippen molar-refractivity contribution in [3.8, 4) is 5.69 Å². The molecule has 0 aliphatic heterocycles. The molecule has 4 rings (SSSR count). The van der Waals surface area contributed by atoms with Crippen LogP contribution in [0.2, 0.25) is 0 Å². The first kappa shape index (κ1) is 22.3. The summed E-state index contributed by atoms with van der Waals surface area (Å²) in [5.74, 6) is 0.817. The van der Waals surface area contributed by atoms with Crippen molar-refractivity contribution in [2.75, 3.05) is 7.05 Å². The van der Waals surface area contributed by atoms with E-state index in [-0.39, 0.29) is 24.0 Å². The number of hydrogen-bond donors (Lipinski definition) is 2. The molecule has 2 N–H and O–H groups in total. The molecule has 0 bridgehead atoms. The molecule has 1 aromatic carbocycles. The zero-order chi connectivity index (χ0) is 20.2. The Labute approximate surface area is 195 Å². The molecule has 2 heterocycles. The first-order valence-electron chi connectivity index (χ1n) is 10.3. The van der Waals surface area contributed by atoms with Gasteiger partial charge in [0.1, 0.15) is 0 Å². The summed E-state index contributed by atoms with van der Waals surface area (Å²) < 4.78 is 3.97. The quantitative estimate of drug-likeness (QED) is 0.308. The predicted octanol–water partition coefficient (Wildman–Crippen LogP) is 3.49. The zero-order valence-electron chi connectivity index (χ0n) is 17.7. The fourth-order valence-electron chi connectivity index (χ4n) is 3.76. The Morgan fingerprint density at radius 2 is 2.10 bits per heavy atom. The van der Waals surface area contributed by atoms with E-state index in [1.807, 2.05) is 36.1 Å². The zero-order valence-corrected chi connectivity index (χ0v) is 20.1. The molecule has 0 radical (unpaired) electrons. The van der Waals surface area contributed by atoms with Gasteiger partial charge in [0, 0.05) is 50.7 Å². The number of para-hydroxylation sites is 1. The lowest BCUT2D eigenvalue weighted by Crippen LogP contribution is -2.45. The Bertz CT molecular complexity index is 975. The van der Waals surface area contributed by atoms with Crippen LogP contribution < -0.4 is 10.6 Å². The second kappa shape index (κ2) is 10.1. The van der Waals surface area contributed by atoms with Gasteiger partial charge < -0.3 is 10.6 Å². The van der Waals surface area contributed by atoms with Crippen molar-refractivity contribution in [1.29, 1.82) is 0 Å². The number of hydrogen-bond acceptors (Lipinski definition) is 3. The van der Waals surface area contributed by atoms with Crippen LogP contribution in [-0.2, 0) is 19.4 Å². The SMILES string of the molecule is CN=C(NCc1ccccc1-n1cccn1)NC1CCc2cn(C(C)C)nc2C1.I. The van der Waals surface area contributed by atoms with E-state index >= 15 is 0 Å². The number of fused-ring (bicyclic) bond motifs is 1. The molecule has 1 atom stereocenters. The monoisotopic (exact) mass is 519 g/mol. The number of halogens is 1. The smallest absolute Gasteiger partial charge is 0.191 e. The summed E-state index contributed by atoms with van der Waals surface area (Å²) >= 11 is 0. The van der Waals surface area contributed by atoms with Gasteiger partial charge in [-0.3, -0.25) is 9.67 Å². The fourth-order valence-corrected chi connectivity index (χ4v) is 3.76. The van der Waals surface area contributed by atoms with Gasteiger partial charge in [-0.1, -0.05) is 18.2 Å². The minimum Gasteiger partial charge on any atom is -0.353 e. The molecule has 1 aliphatic rings. The number of aromatic nitrogens is 4. The fraction of sp³-hybridized carbons (Fsp3) is 0.409. The first-order valence-corrected chi connectivity index (χ1v) is 10.3. The molecule has 0 saturated heterocycles. The Morgan fingerprint density at radius 3 is 2.83 bits per heavy atom. The Hall–Kier alpha value is -2.36. The van der Waals surface area contributed by atoms with E-state index < -0.39 is 0 Å². The van der Waals surface area contributed by atoms with E-state index in [0.29, 0.717) is 18.6 Å². The van der Waals surface area contributed by atoms with E-state index in [9.17, 15) is 0 Å². The summed E-state index contributed by atoms with van der Waals surface area (Å²) in [5, 5.41) is 16.2. The second-order valence-corrected chi connectivity index (χ2v) is 7.76. The molecule has 0 amide bonds. The summed E-state index contributed by atoms with van der Waals surface area (Å²) in [7, 11) is 1.82. The van der Waals surface area contributed by atoms with Crippen molar-refractivity contribution in [1.82, 2.24) is 30.2 Å². The highest BCUT2D eigenvalue weighted by atomic mass is 127. The highest BCUT2D eigenvalue weighted by Gasteiger charge is 2.23. The van der Waals surface area contributed by atoms with Crippen LogP contribution >= 0.6 is 24.0 Å². The molecule has 30 heavy (non-hydrogen) atoms. The molecule has 3 aromatic rings. The second-order valence-electron chi connectivity index (χ2n) is 7.76. The van der Waals surface area contributed by atoms with Crippen molar-refractivity contribution >= 4 is 29.9 Å². The lowest BCUT2D eigenvalue weighted by Gasteiger charge is -2.24.